The Kier molecular flexibility index (Phi) is 3.88. The van der Waals surface area contributed by atoms with E-state index in [-0.39, 0.29) is 17.0 Å². The van der Waals surface area contributed by atoms with Crippen molar-refractivity contribution in [2.45, 2.75) is 0 Å². The fourth-order valence-electron chi connectivity index (χ4n) is 2.08. The van der Waals surface area contributed by atoms with Gasteiger partial charge in [0.1, 0.15) is 11.5 Å². The number of phenols is 1. The van der Waals surface area contributed by atoms with E-state index >= 15 is 0 Å². The van der Waals surface area contributed by atoms with E-state index in [0.717, 1.165) is 0 Å². The fourth-order valence-corrected chi connectivity index (χ4v) is 2.08. The zero-order valence-corrected chi connectivity index (χ0v) is 11.9. The lowest BCUT2D eigenvalue weighted by Crippen LogP contribution is -2.25. The van der Waals surface area contributed by atoms with E-state index < -0.39 is 11.8 Å². The number of hydrogen-bond acceptors (Lipinski definition) is 5. The number of rotatable bonds is 4. The van der Waals surface area contributed by atoms with Crippen molar-refractivity contribution in [3.05, 3.63) is 71.8 Å². The highest BCUT2D eigenvalue weighted by Gasteiger charge is 2.26. The predicted octanol–water partition coefficient (Wildman–Crippen LogP) is 1.76. The van der Waals surface area contributed by atoms with E-state index in [4.69, 9.17) is 4.84 Å². The monoisotopic (exact) mass is 308 g/mol. The minimum atomic E-state index is -0.530. The van der Waals surface area contributed by atoms with Gasteiger partial charge in [-0.25, -0.2) is 0 Å². The van der Waals surface area contributed by atoms with E-state index in [1.807, 2.05) is 6.07 Å². The van der Waals surface area contributed by atoms with E-state index in [2.05, 4.69) is 10.5 Å². The van der Waals surface area contributed by atoms with Crippen LogP contribution in [0.2, 0.25) is 0 Å². The van der Waals surface area contributed by atoms with Crippen LogP contribution in [0.3, 0.4) is 0 Å². The van der Waals surface area contributed by atoms with E-state index in [1.54, 1.807) is 36.4 Å². The van der Waals surface area contributed by atoms with Crippen LogP contribution < -0.4 is 10.2 Å². The van der Waals surface area contributed by atoms with Crippen LogP contribution in [0, 0.1) is 0 Å². The van der Waals surface area contributed by atoms with Gasteiger partial charge in [-0.1, -0.05) is 41.6 Å². The van der Waals surface area contributed by atoms with Gasteiger partial charge in [-0.15, -0.1) is 0 Å². The number of imide groups is 1. The Morgan fingerprint density at radius 3 is 2.48 bits per heavy atom. The summed E-state index contributed by atoms with van der Waals surface area (Å²) in [5.41, 5.74) is 0.988. The van der Waals surface area contributed by atoms with Crippen molar-refractivity contribution in [2.24, 2.45) is 5.16 Å². The van der Waals surface area contributed by atoms with Crippen molar-refractivity contribution in [1.82, 2.24) is 5.32 Å². The lowest BCUT2D eigenvalue weighted by molar-refractivity contribution is -0.123. The largest absolute Gasteiger partial charge is 0.508 e. The summed E-state index contributed by atoms with van der Waals surface area (Å²) in [5, 5.41) is 15.6. The molecule has 0 aromatic heterocycles. The minimum Gasteiger partial charge on any atom is -0.508 e. The number of amides is 2. The SMILES string of the molecule is O=C1C=C(/C(=N\Oc2cccc(O)c2)c2ccccc2)C(=O)N1. The molecular formula is C17H12N2O4. The standard InChI is InChI=1S/C17H12N2O4/c20-12-7-4-8-13(9-12)23-19-16(11-5-2-1-3-6-11)14-10-15(21)18-17(14)22/h1-10,20H,(H,18,21,22)/b19-16-. The summed E-state index contributed by atoms with van der Waals surface area (Å²) >= 11 is 0. The van der Waals surface area contributed by atoms with Gasteiger partial charge in [-0.3, -0.25) is 14.9 Å². The van der Waals surface area contributed by atoms with E-state index in [9.17, 15) is 14.7 Å². The number of hydrogen-bond donors (Lipinski definition) is 2. The molecule has 0 unspecified atom stereocenters. The van der Waals surface area contributed by atoms with Gasteiger partial charge in [0.25, 0.3) is 11.8 Å². The zero-order valence-electron chi connectivity index (χ0n) is 11.9. The van der Waals surface area contributed by atoms with Crippen molar-refractivity contribution >= 4 is 17.5 Å². The molecule has 6 heteroatoms. The number of carbonyl (C=O) groups excluding carboxylic acids is 2. The van der Waals surface area contributed by atoms with Gasteiger partial charge >= 0.3 is 0 Å². The van der Waals surface area contributed by atoms with Crippen molar-refractivity contribution < 1.29 is 19.5 Å². The van der Waals surface area contributed by atoms with Crippen LogP contribution in [0.15, 0.2) is 71.4 Å². The molecule has 2 N–H and O–H groups in total. The van der Waals surface area contributed by atoms with Gasteiger partial charge in [-0.2, -0.15) is 0 Å². The molecule has 0 bridgehead atoms. The first kappa shape index (κ1) is 14.5. The molecule has 6 nitrogen and oxygen atoms in total. The number of carbonyl (C=O) groups is 2. The molecule has 2 aromatic rings. The normalized spacial score (nSPS) is 14.4. The number of benzene rings is 2. The van der Waals surface area contributed by atoms with Gasteiger partial charge in [-0.05, 0) is 12.1 Å². The molecule has 2 aromatic carbocycles. The van der Waals surface area contributed by atoms with Gasteiger partial charge in [0.15, 0.2) is 5.75 Å². The van der Waals surface area contributed by atoms with Gasteiger partial charge < -0.3 is 9.94 Å². The smallest absolute Gasteiger partial charge is 0.260 e. The maximum Gasteiger partial charge on any atom is 0.260 e. The summed E-state index contributed by atoms with van der Waals surface area (Å²) in [6, 6.07) is 15.0. The third-order valence-electron chi connectivity index (χ3n) is 3.12. The van der Waals surface area contributed by atoms with Gasteiger partial charge in [0, 0.05) is 17.7 Å². The quantitative estimate of drug-likeness (QED) is 0.512. The fraction of sp³-hybridized carbons (Fsp3) is 0. The highest BCUT2D eigenvalue weighted by atomic mass is 16.6. The van der Waals surface area contributed by atoms with Crippen LogP contribution in [0.1, 0.15) is 5.56 Å². The average molecular weight is 308 g/mol. The first-order valence-electron chi connectivity index (χ1n) is 6.80. The lowest BCUT2D eigenvalue weighted by atomic mass is 10.0. The summed E-state index contributed by atoms with van der Waals surface area (Å²) in [7, 11) is 0. The molecule has 1 aliphatic rings. The minimum absolute atomic E-state index is 0.0342. The molecule has 3 rings (SSSR count). The molecule has 0 fully saturated rings. The Bertz CT molecular complexity index is 825. The van der Waals surface area contributed by atoms with Crippen LogP contribution in [-0.4, -0.2) is 22.6 Å². The second-order valence-electron chi connectivity index (χ2n) is 4.77. The number of oxime groups is 1. The van der Waals surface area contributed by atoms with E-state index in [1.165, 1.54) is 18.2 Å². The van der Waals surface area contributed by atoms with Crippen LogP contribution in [-0.2, 0) is 9.59 Å². The number of phenolic OH excluding ortho intramolecular Hbond substituents is 1. The summed E-state index contributed by atoms with van der Waals surface area (Å²) in [4.78, 5) is 28.6. The topological polar surface area (TPSA) is 88.0 Å². The molecule has 0 spiro atoms. The molecule has 1 aliphatic heterocycles. The molecule has 0 saturated carbocycles. The lowest BCUT2D eigenvalue weighted by Gasteiger charge is -2.07. The van der Waals surface area contributed by atoms with Crippen LogP contribution >= 0.6 is 0 Å². The number of aromatic hydroxyl groups is 1. The molecule has 2 amide bonds. The third kappa shape index (κ3) is 3.26. The zero-order chi connectivity index (χ0) is 16.2. The Labute approximate surface area is 131 Å². The second kappa shape index (κ2) is 6.15. The van der Waals surface area contributed by atoms with Gasteiger partial charge in [0.2, 0.25) is 0 Å². The Hall–Kier alpha value is -3.41. The third-order valence-corrected chi connectivity index (χ3v) is 3.12. The molecule has 114 valence electrons. The molecule has 0 atom stereocenters. The maximum absolute atomic E-state index is 11.9. The van der Waals surface area contributed by atoms with Gasteiger partial charge in [0.05, 0.1) is 5.57 Å². The molecule has 0 aliphatic carbocycles. The van der Waals surface area contributed by atoms with Crippen LogP contribution in [0.5, 0.6) is 11.5 Å². The van der Waals surface area contributed by atoms with Crippen LogP contribution in [0.25, 0.3) is 0 Å². The summed E-state index contributed by atoms with van der Waals surface area (Å²) in [6.07, 6.45) is 1.18. The van der Waals surface area contributed by atoms with Crippen molar-refractivity contribution in [1.29, 1.82) is 0 Å². The highest BCUT2D eigenvalue weighted by molar-refractivity contribution is 6.35. The molecule has 0 saturated heterocycles. The maximum atomic E-state index is 11.9. The second-order valence-corrected chi connectivity index (χ2v) is 4.77. The van der Waals surface area contributed by atoms with Crippen molar-refractivity contribution in [3.63, 3.8) is 0 Å². The summed E-state index contributed by atoms with van der Waals surface area (Å²) in [6.45, 7) is 0. The van der Waals surface area contributed by atoms with Crippen molar-refractivity contribution in [3.8, 4) is 11.5 Å². The van der Waals surface area contributed by atoms with Crippen LogP contribution in [0.4, 0.5) is 0 Å². The summed E-state index contributed by atoms with van der Waals surface area (Å²) in [5.74, 6) is -0.682. The van der Waals surface area contributed by atoms with E-state index in [0.29, 0.717) is 11.3 Å². The first-order valence-corrected chi connectivity index (χ1v) is 6.80. The highest BCUT2D eigenvalue weighted by Crippen LogP contribution is 2.19. The average Bonchev–Trinajstić information content (AvgIpc) is 2.87. The molecular weight excluding hydrogens is 296 g/mol. The predicted molar refractivity (Wildman–Crippen MR) is 82.9 cm³/mol. The Morgan fingerprint density at radius 1 is 1.04 bits per heavy atom. The first-order chi connectivity index (χ1) is 11.1. The molecule has 23 heavy (non-hydrogen) atoms. The van der Waals surface area contributed by atoms with Crippen molar-refractivity contribution in [2.75, 3.05) is 0 Å². The molecule has 0 radical (unpaired) electrons. The Morgan fingerprint density at radius 2 is 1.83 bits per heavy atom. The molecule has 1 heterocycles. The summed E-state index contributed by atoms with van der Waals surface area (Å²) < 4.78 is 0. The Balaban J connectivity index is 1.99. The number of nitrogens with one attached hydrogen (secondary N) is 1. The number of nitrogens with zero attached hydrogens (tertiary/aromatic N) is 1.